The molecule has 2 aromatic rings. The molecule has 0 bridgehead atoms. The molecule has 30 heavy (non-hydrogen) atoms. The van der Waals surface area contributed by atoms with Crippen molar-refractivity contribution in [3.63, 3.8) is 0 Å². The van der Waals surface area contributed by atoms with Gasteiger partial charge in [-0.1, -0.05) is 23.7 Å². The Hall–Kier alpha value is -3.58. The molecule has 1 aliphatic heterocycles. The molecule has 1 heterocycles. The van der Waals surface area contributed by atoms with E-state index in [1.807, 2.05) is 35.4 Å². The Morgan fingerprint density at radius 1 is 1.30 bits per heavy atom. The summed E-state index contributed by atoms with van der Waals surface area (Å²) in [4.78, 5) is 11.4. The smallest absolute Gasteiger partial charge is 0.335 e. The zero-order valence-corrected chi connectivity index (χ0v) is 16.6. The third kappa shape index (κ3) is 2.86. The van der Waals surface area contributed by atoms with Gasteiger partial charge in [0.25, 0.3) is 0 Å². The second kappa shape index (κ2) is 7.03. The van der Waals surface area contributed by atoms with Gasteiger partial charge >= 0.3 is 5.97 Å². The number of nitriles is 1. The highest BCUT2D eigenvalue weighted by molar-refractivity contribution is 6.32. The van der Waals surface area contributed by atoms with Gasteiger partial charge in [-0.2, -0.15) is 10.4 Å². The molecule has 5 nitrogen and oxygen atoms in total. The summed E-state index contributed by atoms with van der Waals surface area (Å²) in [6.45, 7) is 0. The van der Waals surface area contributed by atoms with Crippen molar-refractivity contribution in [3.05, 3.63) is 93.2 Å². The van der Waals surface area contributed by atoms with E-state index in [1.165, 1.54) is 0 Å². The SMILES string of the molecule is N#Cc1ccc(N2N=C3c4ccc(C(=O)O)cc4CCC3C2C2=C=CC=C2)cc1Cl. The second-order valence-electron chi connectivity index (χ2n) is 7.50. The summed E-state index contributed by atoms with van der Waals surface area (Å²) >= 11 is 6.30. The minimum absolute atomic E-state index is 0.0358. The van der Waals surface area contributed by atoms with Crippen molar-refractivity contribution >= 4 is 29.0 Å². The molecule has 2 unspecified atom stereocenters. The highest BCUT2D eigenvalue weighted by Crippen LogP contribution is 2.41. The molecule has 0 saturated heterocycles. The lowest BCUT2D eigenvalue weighted by Gasteiger charge is -2.30. The van der Waals surface area contributed by atoms with Crippen LogP contribution in [-0.4, -0.2) is 22.8 Å². The fourth-order valence-electron chi connectivity index (χ4n) is 4.45. The zero-order chi connectivity index (χ0) is 20.8. The number of hydrogen-bond acceptors (Lipinski definition) is 4. The number of fused-ring (bicyclic) bond motifs is 3. The van der Waals surface area contributed by atoms with E-state index in [-0.39, 0.29) is 12.0 Å². The zero-order valence-electron chi connectivity index (χ0n) is 15.8. The standard InChI is InChI=1S/C24H16ClN3O2/c25-21-12-18(8-5-17(21)13-26)28-23(14-3-1-2-4-14)20-10-6-15-11-16(24(29)30)7-9-19(15)22(20)27-28/h1-3,5,7-9,11-12,20,23H,6,10H2,(H,29,30). The first-order valence-electron chi connectivity index (χ1n) is 9.64. The lowest BCUT2D eigenvalue weighted by atomic mass is 9.77. The van der Waals surface area contributed by atoms with Crippen molar-refractivity contribution < 1.29 is 9.90 Å². The van der Waals surface area contributed by atoms with Gasteiger partial charge in [0.15, 0.2) is 0 Å². The number of carboxylic acids is 1. The summed E-state index contributed by atoms with van der Waals surface area (Å²) in [6.07, 6.45) is 7.56. The third-order valence-electron chi connectivity index (χ3n) is 5.84. The molecule has 1 N–H and O–H groups in total. The molecule has 0 aromatic heterocycles. The van der Waals surface area contributed by atoms with Gasteiger partial charge in [0.05, 0.1) is 33.6 Å². The van der Waals surface area contributed by atoms with Crippen LogP contribution < -0.4 is 5.01 Å². The van der Waals surface area contributed by atoms with Crippen LogP contribution in [0.15, 0.2) is 71.0 Å². The fraction of sp³-hybridized carbons (Fsp3) is 0.167. The maximum atomic E-state index is 11.4. The highest BCUT2D eigenvalue weighted by Gasteiger charge is 2.43. The van der Waals surface area contributed by atoms with Gasteiger partial charge in [-0.15, -0.1) is 5.73 Å². The van der Waals surface area contributed by atoms with Crippen LogP contribution in [0.25, 0.3) is 0 Å². The average molecular weight is 414 g/mol. The molecule has 146 valence electrons. The number of carbonyl (C=O) groups is 1. The number of rotatable bonds is 3. The molecule has 5 rings (SSSR count). The predicted molar refractivity (Wildman–Crippen MR) is 115 cm³/mol. The molecule has 0 amide bonds. The van der Waals surface area contributed by atoms with Crippen LogP contribution >= 0.6 is 11.6 Å². The van der Waals surface area contributed by atoms with Crippen LogP contribution in [-0.2, 0) is 6.42 Å². The molecular formula is C24H16ClN3O2. The number of hydrogen-bond donors (Lipinski definition) is 1. The molecule has 0 saturated carbocycles. The van der Waals surface area contributed by atoms with Crippen LogP contribution in [0.1, 0.15) is 33.5 Å². The van der Waals surface area contributed by atoms with Crippen molar-refractivity contribution in [2.24, 2.45) is 11.0 Å². The molecule has 2 aromatic carbocycles. The van der Waals surface area contributed by atoms with Gasteiger partial charge in [-0.25, -0.2) is 4.79 Å². The number of nitrogens with zero attached hydrogens (tertiary/aromatic N) is 3. The monoisotopic (exact) mass is 413 g/mol. The Morgan fingerprint density at radius 2 is 2.17 bits per heavy atom. The van der Waals surface area contributed by atoms with E-state index in [2.05, 4.69) is 11.8 Å². The van der Waals surface area contributed by atoms with Crippen LogP contribution in [0.3, 0.4) is 0 Å². The van der Waals surface area contributed by atoms with Gasteiger partial charge in [-0.3, -0.25) is 5.01 Å². The van der Waals surface area contributed by atoms with E-state index >= 15 is 0 Å². The Balaban J connectivity index is 1.63. The maximum absolute atomic E-state index is 11.4. The van der Waals surface area contributed by atoms with Crippen molar-refractivity contribution in [1.29, 1.82) is 5.26 Å². The molecule has 2 aliphatic carbocycles. The minimum Gasteiger partial charge on any atom is -0.478 e. The molecule has 6 heteroatoms. The number of carboxylic acid groups (broad SMARTS) is 1. The number of aromatic carboxylic acids is 1. The quantitative estimate of drug-likeness (QED) is 0.739. The topological polar surface area (TPSA) is 76.7 Å². The first-order valence-corrected chi connectivity index (χ1v) is 10.0. The van der Waals surface area contributed by atoms with Crippen LogP contribution in [0, 0.1) is 17.2 Å². The van der Waals surface area contributed by atoms with Gasteiger partial charge in [0.1, 0.15) is 6.07 Å². The molecule has 0 spiro atoms. The second-order valence-corrected chi connectivity index (χ2v) is 7.91. The normalized spacial score (nSPS) is 21.0. The third-order valence-corrected chi connectivity index (χ3v) is 6.16. The highest BCUT2D eigenvalue weighted by atomic mass is 35.5. The van der Waals surface area contributed by atoms with Crippen LogP contribution in [0.2, 0.25) is 5.02 Å². The van der Waals surface area contributed by atoms with Crippen molar-refractivity contribution in [2.45, 2.75) is 18.9 Å². The first-order chi connectivity index (χ1) is 14.6. The average Bonchev–Trinajstić information content (AvgIpc) is 3.40. The molecular weight excluding hydrogens is 398 g/mol. The summed E-state index contributed by atoms with van der Waals surface area (Å²) in [7, 11) is 0. The fourth-order valence-corrected chi connectivity index (χ4v) is 4.66. The Labute approximate surface area is 178 Å². The number of halogens is 1. The molecule has 0 radical (unpaired) electrons. The van der Waals surface area contributed by atoms with Gasteiger partial charge in [0, 0.05) is 17.1 Å². The van der Waals surface area contributed by atoms with Gasteiger partial charge < -0.3 is 5.11 Å². The van der Waals surface area contributed by atoms with Crippen molar-refractivity contribution in [3.8, 4) is 6.07 Å². The first kappa shape index (κ1) is 18.4. The van der Waals surface area contributed by atoms with Crippen molar-refractivity contribution in [1.82, 2.24) is 0 Å². The molecule has 2 atom stereocenters. The minimum atomic E-state index is -0.925. The Bertz CT molecular complexity index is 1260. The number of benzene rings is 2. The van der Waals surface area contributed by atoms with E-state index in [1.54, 1.807) is 24.3 Å². The van der Waals surface area contributed by atoms with E-state index in [0.717, 1.165) is 40.9 Å². The number of anilines is 1. The lowest BCUT2D eigenvalue weighted by Crippen LogP contribution is -2.36. The predicted octanol–water partition coefficient (Wildman–Crippen LogP) is 4.72. The van der Waals surface area contributed by atoms with Gasteiger partial charge in [-0.05, 0) is 60.9 Å². The van der Waals surface area contributed by atoms with Crippen LogP contribution in [0.4, 0.5) is 5.69 Å². The number of aryl methyl sites for hydroxylation is 1. The van der Waals surface area contributed by atoms with Crippen LogP contribution in [0.5, 0.6) is 0 Å². The van der Waals surface area contributed by atoms with Gasteiger partial charge in [0.2, 0.25) is 0 Å². The van der Waals surface area contributed by atoms with Crippen molar-refractivity contribution in [2.75, 3.05) is 5.01 Å². The largest absolute Gasteiger partial charge is 0.478 e. The Morgan fingerprint density at radius 3 is 2.87 bits per heavy atom. The number of allylic oxidation sites excluding steroid dienone is 1. The molecule has 3 aliphatic rings. The van der Waals surface area contributed by atoms with E-state index in [9.17, 15) is 15.2 Å². The van der Waals surface area contributed by atoms with E-state index < -0.39 is 5.97 Å². The summed E-state index contributed by atoms with van der Waals surface area (Å²) in [6, 6.07) is 12.6. The lowest BCUT2D eigenvalue weighted by molar-refractivity contribution is 0.0696. The summed E-state index contributed by atoms with van der Waals surface area (Å²) in [5.41, 5.74) is 8.85. The van der Waals surface area contributed by atoms with E-state index in [0.29, 0.717) is 16.1 Å². The summed E-state index contributed by atoms with van der Waals surface area (Å²) in [5.74, 6) is -0.771. The van der Waals surface area contributed by atoms with E-state index in [4.69, 9.17) is 16.7 Å². The Kier molecular flexibility index (Phi) is 4.33. The summed E-state index contributed by atoms with van der Waals surface area (Å²) in [5, 5.41) is 25.8. The summed E-state index contributed by atoms with van der Waals surface area (Å²) < 4.78 is 0. The maximum Gasteiger partial charge on any atom is 0.335 e. The molecule has 0 fully saturated rings. The number of hydrazone groups is 1.